The Hall–Kier alpha value is -1.87. The number of aromatic carboxylic acids is 1. The maximum atomic E-state index is 12.3. The van der Waals surface area contributed by atoms with E-state index in [1.54, 1.807) is 0 Å². The molecule has 0 aliphatic carbocycles. The highest BCUT2D eigenvalue weighted by Gasteiger charge is 2.26. The summed E-state index contributed by atoms with van der Waals surface area (Å²) in [6, 6.07) is 1.07. The van der Waals surface area contributed by atoms with Crippen LogP contribution in [0.3, 0.4) is 0 Å². The molecule has 0 spiro atoms. The van der Waals surface area contributed by atoms with Gasteiger partial charge in [-0.15, -0.1) is 0 Å². The topological polar surface area (TPSA) is 109 Å². The molecule has 1 aromatic rings. The lowest BCUT2D eigenvalue weighted by atomic mass is 10.4. The minimum Gasteiger partial charge on any atom is -0.477 e. The van der Waals surface area contributed by atoms with Crippen molar-refractivity contribution in [2.24, 2.45) is 7.05 Å². The zero-order chi connectivity index (χ0) is 16.2. The normalized spacial score (nSPS) is 11.6. The summed E-state index contributed by atoms with van der Waals surface area (Å²) in [5.74, 6) is -1.63. The van der Waals surface area contributed by atoms with Gasteiger partial charge in [0.05, 0.1) is 6.54 Å². The van der Waals surface area contributed by atoms with Crippen LogP contribution in [0.15, 0.2) is 17.2 Å². The number of carbonyl (C=O) groups is 2. The SMILES string of the molecule is CCCNC(=O)CN(C)S(=O)(=O)c1cc(C(=O)O)n(C)c1. The van der Waals surface area contributed by atoms with Gasteiger partial charge in [-0.1, -0.05) is 6.92 Å². The zero-order valence-corrected chi connectivity index (χ0v) is 13.0. The molecule has 0 saturated heterocycles. The summed E-state index contributed by atoms with van der Waals surface area (Å²) in [4.78, 5) is 22.3. The molecule has 21 heavy (non-hydrogen) atoms. The van der Waals surface area contributed by atoms with Crippen LogP contribution in [-0.2, 0) is 21.9 Å². The predicted octanol–water partition coefficient (Wildman–Crippen LogP) is -0.130. The van der Waals surface area contributed by atoms with E-state index in [0.29, 0.717) is 6.54 Å². The number of carboxylic acids is 1. The second-order valence-electron chi connectivity index (χ2n) is 4.59. The number of likely N-dealkylation sites (N-methyl/N-ethyl adjacent to an activating group) is 1. The molecule has 118 valence electrons. The van der Waals surface area contributed by atoms with Gasteiger partial charge in [-0.05, 0) is 12.5 Å². The van der Waals surface area contributed by atoms with Crippen LogP contribution in [0.25, 0.3) is 0 Å². The van der Waals surface area contributed by atoms with Crippen LogP contribution in [0.5, 0.6) is 0 Å². The van der Waals surface area contributed by atoms with Gasteiger partial charge in [0.1, 0.15) is 10.6 Å². The molecule has 8 nitrogen and oxygen atoms in total. The Morgan fingerprint density at radius 1 is 1.43 bits per heavy atom. The van der Waals surface area contributed by atoms with Crippen LogP contribution in [0, 0.1) is 0 Å². The molecule has 0 radical (unpaired) electrons. The molecule has 1 aromatic heterocycles. The lowest BCUT2D eigenvalue weighted by Gasteiger charge is -2.15. The molecule has 0 fully saturated rings. The lowest BCUT2D eigenvalue weighted by Crippen LogP contribution is -2.38. The number of aryl methyl sites for hydroxylation is 1. The largest absolute Gasteiger partial charge is 0.477 e. The number of hydrogen-bond acceptors (Lipinski definition) is 4. The number of carboxylic acid groups (broad SMARTS) is 1. The summed E-state index contributed by atoms with van der Waals surface area (Å²) in [5.41, 5.74) is -0.141. The number of carbonyl (C=O) groups excluding carboxylic acids is 1. The van der Waals surface area contributed by atoms with Crippen LogP contribution in [-0.4, -0.2) is 54.4 Å². The van der Waals surface area contributed by atoms with Crippen molar-refractivity contribution in [1.82, 2.24) is 14.2 Å². The molecule has 1 rings (SSSR count). The maximum Gasteiger partial charge on any atom is 0.352 e. The van der Waals surface area contributed by atoms with Gasteiger partial charge in [0.15, 0.2) is 0 Å². The smallest absolute Gasteiger partial charge is 0.352 e. The highest BCUT2D eigenvalue weighted by molar-refractivity contribution is 7.89. The summed E-state index contributed by atoms with van der Waals surface area (Å²) >= 11 is 0. The fraction of sp³-hybridized carbons (Fsp3) is 0.500. The number of aromatic nitrogens is 1. The predicted molar refractivity (Wildman–Crippen MR) is 75.5 cm³/mol. The molecule has 0 unspecified atom stereocenters. The van der Waals surface area contributed by atoms with E-state index in [4.69, 9.17) is 5.11 Å². The molecule has 0 atom stereocenters. The van der Waals surface area contributed by atoms with Gasteiger partial charge in [-0.3, -0.25) is 4.79 Å². The van der Waals surface area contributed by atoms with Crippen molar-refractivity contribution >= 4 is 21.9 Å². The van der Waals surface area contributed by atoms with E-state index >= 15 is 0 Å². The van der Waals surface area contributed by atoms with Crippen molar-refractivity contribution in [1.29, 1.82) is 0 Å². The molecule has 1 heterocycles. The van der Waals surface area contributed by atoms with Crippen molar-refractivity contribution in [2.45, 2.75) is 18.2 Å². The maximum absolute atomic E-state index is 12.3. The van der Waals surface area contributed by atoms with Gasteiger partial charge in [0, 0.05) is 26.8 Å². The minimum atomic E-state index is -3.91. The van der Waals surface area contributed by atoms with Gasteiger partial charge in [-0.25, -0.2) is 13.2 Å². The quantitative estimate of drug-likeness (QED) is 0.728. The van der Waals surface area contributed by atoms with Gasteiger partial charge >= 0.3 is 5.97 Å². The highest BCUT2D eigenvalue weighted by Crippen LogP contribution is 2.17. The van der Waals surface area contributed by atoms with E-state index in [1.165, 1.54) is 24.9 Å². The highest BCUT2D eigenvalue weighted by atomic mass is 32.2. The van der Waals surface area contributed by atoms with E-state index in [9.17, 15) is 18.0 Å². The van der Waals surface area contributed by atoms with Gasteiger partial charge in [-0.2, -0.15) is 4.31 Å². The first-order valence-electron chi connectivity index (χ1n) is 6.32. The van der Waals surface area contributed by atoms with Crippen molar-refractivity contribution in [3.8, 4) is 0 Å². The standard InChI is InChI=1S/C12H19N3O5S/c1-4-5-13-11(16)8-15(3)21(19,20)9-6-10(12(17)18)14(2)7-9/h6-7H,4-5,8H2,1-3H3,(H,13,16)(H,17,18). The van der Waals surface area contributed by atoms with E-state index in [1.807, 2.05) is 6.92 Å². The second kappa shape index (κ2) is 6.72. The Labute approximate surface area is 123 Å². The minimum absolute atomic E-state index is 0.141. The van der Waals surface area contributed by atoms with Crippen LogP contribution < -0.4 is 5.32 Å². The Balaban J connectivity index is 2.92. The van der Waals surface area contributed by atoms with Crippen molar-refractivity contribution in [3.05, 3.63) is 18.0 Å². The van der Waals surface area contributed by atoms with E-state index in [-0.39, 0.29) is 17.1 Å². The Morgan fingerprint density at radius 2 is 2.05 bits per heavy atom. The molecule has 0 bridgehead atoms. The third kappa shape index (κ3) is 4.05. The van der Waals surface area contributed by atoms with Crippen LogP contribution >= 0.6 is 0 Å². The van der Waals surface area contributed by atoms with Crippen LogP contribution in [0.4, 0.5) is 0 Å². The summed E-state index contributed by atoms with van der Waals surface area (Å²) < 4.78 is 26.6. The van der Waals surface area contributed by atoms with Crippen LogP contribution in [0.2, 0.25) is 0 Å². The fourth-order valence-corrected chi connectivity index (χ4v) is 2.87. The fourth-order valence-electron chi connectivity index (χ4n) is 1.68. The monoisotopic (exact) mass is 317 g/mol. The molecule has 0 aromatic carbocycles. The summed E-state index contributed by atoms with van der Waals surface area (Å²) in [7, 11) is -1.19. The molecule has 0 aliphatic heterocycles. The first-order valence-corrected chi connectivity index (χ1v) is 7.76. The van der Waals surface area contributed by atoms with E-state index in [2.05, 4.69) is 5.32 Å². The van der Waals surface area contributed by atoms with Crippen molar-refractivity contribution < 1.29 is 23.1 Å². The van der Waals surface area contributed by atoms with Crippen molar-refractivity contribution in [3.63, 3.8) is 0 Å². The molecule has 0 aliphatic rings. The molecule has 9 heteroatoms. The lowest BCUT2D eigenvalue weighted by molar-refractivity contribution is -0.121. The summed E-state index contributed by atoms with van der Waals surface area (Å²) in [6.07, 6.45) is 1.96. The van der Waals surface area contributed by atoms with Gasteiger partial charge in [0.25, 0.3) is 0 Å². The Bertz CT molecular complexity index is 635. The zero-order valence-electron chi connectivity index (χ0n) is 12.2. The Kier molecular flexibility index (Phi) is 5.50. The van der Waals surface area contributed by atoms with Crippen molar-refractivity contribution in [2.75, 3.05) is 20.1 Å². The number of amides is 1. The molecule has 0 saturated carbocycles. The summed E-state index contributed by atoms with van der Waals surface area (Å²) in [5, 5.41) is 11.5. The number of nitrogens with one attached hydrogen (secondary N) is 1. The first kappa shape index (κ1) is 17.2. The molecule has 2 N–H and O–H groups in total. The number of hydrogen-bond donors (Lipinski definition) is 2. The van der Waals surface area contributed by atoms with Gasteiger partial charge in [0.2, 0.25) is 15.9 Å². The van der Waals surface area contributed by atoms with Gasteiger partial charge < -0.3 is 15.0 Å². The number of sulfonamides is 1. The average molecular weight is 317 g/mol. The third-order valence-electron chi connectivity index (χ3n) is 2.85. The average Bonchev–Trinajstić information content (AvgIpc) is 2.79. The first-order chi connectivity index (χ1) is 9.70. The van der Waals surface area contributed by atoms with E-state index in [0.717, 1.165) is 16.8 Å². The third-order valence-corrected chi connectivity index (χ3v) is 4.61. The molecule has 1 amide bonds. The Morgan fingerprint density at radius 3 is 2.52 bits per heavy atom. The number of rotatable bonds is 7. The van der Waals surface area contributed by atoms with Crippen LogP contribution in [0.1, 0.15) is 23.8 Å². The molecular formula is C12H19N3O5S. The second-order valence-corrected chi connectivity index (χ2v) is 6.63. The molecular weight excluding hydrogens is 298 g/mol. The summed E-state index contributed by atoms with van der Waals surface area (Å²) in [6.45, 7) is 2.04. The number of nitrogens with zero attached hydrogens (tertiary/aromatic N) is 2. The van der Waals surface area contributed by atoms with E-state index < -0.39 is 21.9 Å².